The molecule has 2 aliphatic rings. The Morgan fingerprint density at radius 3 is 2.74 bits per heavy atom. The van der Waals surface area contributed by atoms with Gasteiger partial charge in [0.25, 0.3) is 11.8 Å². The summed E-state index contributed by atoms with van der Waals surface area (Å²) in [6.45, 7) is 3.15. The lowest BCUT2D eigenvalue weighted by molar-refractivity contribution is 0.0858. The van der Waals surface area contributed by atoms with Crippen molar-refractivity contribution in [1.82, 2.24) is 15.1 Å². The predicted molar refractivity (Wildman–Crippen MR) is 130 cm³/mol. The van der Waals surface area contributed by atoms with Crippen molar-refractivity contribution in [2.24, 2.45) is 0 Å². The molecule has 1 saturated heterocycles. The van der Waals surface area contributed by atoms with Gasteiger partial charge in [0.15, 0.2) is 5.69 Å². The van der Waals surface area contributed by atoms with E-state index >= 15 is 0 Å². The summed E-state index contributed by atoms with van der Waals surface area (Å²) >= 11 is 1.41. The fourth-order valence-electron chi connectivity index (χ4n) is 4.40. The number of carbonyl (C=O) groups is 2. The second-order valence-electron chi connectivity index (χ2n) is 8.67. The third-order valence-electron chi connectivity index (χ3n) is 6.21. The van der Waals surface area contributed by atoms with Crippen LogP contribution in [0.4, 0.5) is 5.00 Å². The Kier molecular flexibility index (Phi) is 6.30. The minimum Gasteiger partial charge on any atom is -0.376 e. The van der Waals surface area contributed by atoms with Gasteiger partial charge >= 0.3 is 0 Å². The molecule has 2 N–H and O–H groups in total. The molecule has 2 amide bonds. The lowest BCUT2D eigenvalue weighted by Gasteiger charge is -2.13. The minimum absolute atomic E-state index is 0.0300. The van der Waals surface area contributed by atoms with Gasteiger partial charge in [0, 0.05) is 30.3 Å². The number of benzene rings is 1. The highest BCUT2D eigenvalue weighted by molar-refractivity contribution is 7.17. The average Bonchev–Trinajstić information content (AvgIpc) is 3.56. The molecule has 3 heterocycles. The minimum atomic E-state index is -0.625. The molecule has 0 unspecified atom stereocenters. The monoisotopic (exact) mass is 478 g/mol. The molecule has 176 valence electrons. The lowest BCUT2D eigenvalue weighted by Crippen LogP contribution is -2.33. The molecule has 1 aliphatic carbocycles. The van der Waals surface area contributed by atoms with Gasteiger partial charge in [0.2, 0.25) is 5.43 Å². The third kappa shape index (κ3) is 4.53. The van der Waals surface area contributed by atoms with Gasteiger partial charge in [0.05, 0.1) is 17.4 Å². The summed E-state index contributed by atoms with van der Waals surface area (Å²) in [7, 11) is 0. The molecule has 1 aromatic carbocycles. The maximum absolute atomic E-state index is 13.1. The Morgan fingerprint density at radius 2 is 1.97 bits per heavy atom. The second-order valence-corrected chi connectivity index (χ2v) is 9.77. The zero-order valence-electron chi connectivity index (χ0n) is 18.9. The van der Waals surface area contributed by atoms with Gasteiger partial charge in [0.1, 0.15) is 5.00 Å². The number of ether oxygens (including phenoxy) is 1. The zero-order chi connectivity index (χ0) is 23.7. The summed E-state index contributed by atoms with van der Waals surface area (Å²) in [6, 6.07) is 8.93. The molecule has 34 heavy (non-hydrogen) atoms. The molecular formula is C25H26N4O4S. The number of carbonyl (C=O) groups excluding carboxylic acids is 2. The van der Waals surface area contributed by atoms with E-state index in [-0.39, 0.29) is 17.7 Å². The molecule has 0 spiro atoms. The summed E-state index contributed by atoms with van der Waals surface area (Å²) < 4.78 is 7.11. The molecule has 0 bridgehead atoms. The van der Waals surface area contributed by atoms with E-state index in [0.717, 1.165) is 60.4 Å². The van der Waals surface area contributed by atoms with Crippen molar-refractivity contribution < 1.29 is 14.3 Å². The number of anilines is 1. The Morgan fingerprint density at radius 1 is 1.15 bits per heavy atom. The molecule has 9 heteroatoms. The van der Waals surface area contributed by atoms with E-state index in [4.69, 9.17) is 4.74 Å². The maximum atomic E-state index is 13.1. The normalized spacial score (nSPS) is 16.9. The highest BCUT2D eigenvalue weighted by Gasteiger charge is 2.29. The van der Waals surface area contributed by atoms with Crippen molar-refractivity contribution >= 4 is 28.2 Å². The average molecular weight is 479 g/mol. The van der Waals surface area contributed by atoms with Crippen LogP contribution in [-0.4, -0.2) is 40.9 Å². The maximum Gasteiger partial charge on any atom is 0.280 e. The summed E-state index contributed by atoms with van der Waals surface area (Å²) in [5.74, 6) is -0.845. The van der Waals surface area contributed by atoms with E-state index in [0.29, 0.717) is 17.1 Å². The van der Waals surface area contributed by atoms with Gasteiger partial charge in [-0.2, -0.15) is 5.10 Å². The molecule has 0 radical (unpaired) electrons. The Hall–Kier alpha value is -3.30. The molecule has 0 saturated carbocycles. The van der Waals surface area contributed by atoms with Crippen LogP contribution in [0, 0.1) is 6.92 Å². The van der Waals surface area contributed by atoms with Gasteiger partial charge in [-0.05, 0) is 56.7 Å². The zero-order valence-corrected chi connectivity index (χ0v) is 19.7. The Labute approximate surface area is 201 Å². The number of thiophene rings is 1. The van der Waals surface area contributed by atoms with Crippen LogP contribution < -0.4 is 16.1 Å². The number of nitrogens with one attached hydrogen (secondary N) is 2. The fourth-order valence-corrected chi connectivity index (χ4v) is 5.68. The number of nitrogens with zero attached hydrogens (tertiary/aromatic N) is 2. The Balaban J connectivity index is 1.39. The largest absolute Gasteiger partial charge is 0.376 e. The van der Waals surface area contributed by atoms with Crippen LogP contribution in [0.2, 0.25) is 0 Å². The van der Waals surface area contributed by atoms with Gasteiger partial charge in [-0.1, -0.05) is 17.7 Å². The van der Waals surface area contributed by atoms with Crippen molar-refractivity contribution in [2.75, 3.05) is 18.5 Å². The molecule has 1 fully saturated rings. The standard InChI is InChI=1S/C25H26N4O4S/c1-15-7-9-16(10-8-15)29-12-11-19(30)22(28-29)24(32)27-25-21(18-5-2-6-20(18)34-25)23(31)26-14-17-4-3-13-33-17/h7-12,17H,2-6,13-14H2,1H3,(H,26,31)(H,27,32)/t17-/m0/s1. The number of rotatable bonds is 6. The predicted octanol–water partition coefficient (Wildman–Crippen LogP) is 3.25. The van der Waals surface area contributed by atoms with Gasteiger partial charge < -0.3 is 15.4 Å². The quantitative estimate of drug-likeness (QED) is 0.566. The van der Waals surface area contributed by atoms with Crippen molar-refractivity contribution in [3.63, 3.8) is 0 Å². The van der Waals surface area contributed by atoms with E-state index in [1.54, 1.807) is 0 Å². The third-order valence-corrected chi connectivity index (χ3v) is 7.42. The highest BCUT2D eigenvalue weighted by Crippen LogP contribution is 2.39. The summed E-state index contributed by atoms with van der Waals surface area (Å²) in [5, 5.41) is 10.5. The number of aromatic nitrogens is 2. The van der Waals surface area contributed by atoms with Gasteiger partial charge in [-0.3, -0.25) is 14.4 Å². The van der Waals surface area contributed by atoms with E-state index in [9.17, 15) is 14.4 Å². The van der Waals surface area contributed by atoms with Crippen LogP contribution in [0.25, 0.3) is 5.69 Å². The van der Waals surface area contributed by atoms with Crippen molar-refractivity contribution in [2.45, 2.75) is 45.1 Å². The smallest absolute Gasteiger partial charge is 0.280 e. The molecule has 1 aliphatic heterocycles. The number of amides is 2. The number of hydrogen-bond acceptors (Lipinski definition) is 6. The Bertz CT molecular complexity index is 1290. The summed E-state index contributed by atoms with van der Waals surface area (Å²) in [6.07, 6.45) is 6.16. The molecule has 5 rings (SSSR count). The number of fused-ring (bicyclic) bond motifs is 1. The first-order valence-electron chi connectivity index (χ1n) is 11.5. The number of aryl methyl sites for hydroxylation is 2. The number of hydrogen-bond donors (Lipinski definition) is 2. The summed E-state index contributed by atoms with van der Waals surface area (Å²) in [5.41, 5.74) is 2.63. The molecule has 8 nitrogen and oxygen atoms in total. The molecule has 2 aromatic heterocycles. The van der Waals surface area contributed by atoms with Crippen LogP contribution in [0.15, 0.2) is 41.3 Å². The first-order valence-corrected chi connectivity index (χ1v) is 12.3. The van der Waals surface area contributed by atoms with Crippen LogP contribution >= 0.6 is 11.3 Å². The lowest BCUT2D eigenvalue weighted by atomic mass is 10.1. The van der Waals surface area contributed by atoms with Crippen molar-refractivity contribution in [3.8, 4) is 5.69 Å². The first kappa shape index (κ1) is 22.5. The molecular weight excluding hydrogens is 452 g/mol. The molecule has 1 atom stereocenters. The van der Waals surface area contributed by atoms with E-state index in [1.807, 2.05) is 31.2 Å². The van der Waals surface area contributed by atoms with Crippen LogP contribution in [-0.2, 0) is 17.6 Å². The van der Waals surface area contributed by atoms with Crippen LogP contribution in [0.3, 0.4) is 0 Å². The highest BCUT2D eigenvalue weighted by atomic mass is 32.1. The van der Waals surface area contributed by atoms with Crippen molar-refractivity contribution in [1.29, 1.82) is 0 Å². The first-order chi connectivity index (χ1) is 16.5. The van der Waals surface area contributed by atoms with Gasteiger partial charge in [-0.25, -0.2) is 4.68 Å². The molecule has 3 aromatic rings. The topological polar surface area (TPSA) is 102 Å². The van der Waals surface area contributed by atoms with Crippen LogP contribution in [0.1, 0.15) is 56.1 Å². The van der Waals surface area contributed by atoms with Crippen LogP contribution in [0.5, 0.6) is 0 Å². The fraction of sp³-hybridized carbons (Fsp3) is 0.360. The SMILES string of the molecule is Cc1ccc(-n2ccc(=O)c(C(=O)Nc3sc4c(c3C(=O)NC[C@@H]3CCCO3)CCC4)n2)cc1. The van der Waals surface area contributed by atoms with E-state index < -0.39 is 11.3 Å². The second kappa shape index (κ2) is 9.52. The van der Waals surface area contributed by atoms with Gasteiger partial charge in [-0.15, -0.1) is 11.3 Å². The van der Waals surface area contributed by atoms with E-state index in [2.05, 4.69) is 15.7 Å². The van der Waals surface area contributed by atoms with Crippen molar-refractivity contribution in [3.05, 3.63) is 74.0 Å². The summed E-state index contributed by atoms with van der Waals surface area (Å²) in [4.78, 5) is 39.8. The van der Waals surface area contributed by atoms with E-state index in [1.165, 1.54) is 28.3 Å².